The van der Waals surface area contributed by atoms with E-state index >= 15 is 0 Å². The van der Waals surface area contributed by atoms with Crippen molar-refractivity contribution in [1.29, 1.82) is 0 Å². The van der Waals surface area contributed by atoms with Crippen LogP contribution in [0.4, 0.5) is 0 Å². The first-order valence-corrected chi connectivity index (χ1v) is 16.2. The lowest BCUT2D eigenvalue weighted by Gasteiger charge is -2.14. The fraction of sp³-hybridized carbons (Fsp3) is 0.0465. The van der Waals surface area contributed by atoms with E-state index in [9.17, 15) is 0 Å². The third kappa shape index (κ3) is 4.21. The first-order chi connectivity index (χ1) is 23.8. The van der Waals surface area contributed by atoms with Crippen molar-refractivity contribution in [3.63, 3.8) is 0 Å². The molecule has 3 heterocycles. The van der Waals surface area contributed by atoms with Crippen LogP contribution in [0.2, 0.25) is 0 Å². The molecule has 1 aliphatic rings. The van der Waals surface area contributed by atoms with Crippen molar-refractivity contribution in [2.24, 2.45) is 0 Å². The predicted octanol–water partition coefficient (Wildman–Crippen LogP) is 11.4. The summed E-state index contributed by atoms with van der Waals surface area (Å²) in [6, 6.07) is 41.7. The van der Waals surface area contributed by atoms with Gasteiger partial charge in [0.15, 0.2) is 11.6 Å². The highest BCUT2D eigenvalue weighted by Gasteiger charge is 2.22. The van der Waals surface area contributed by atoms with Crippen molar-refractivity contribution in [2.75, 3.05) is 0 Å². The number of para-hydroxylation sites is 2. The lowest BCUT2D eigenvalue weighted by Crippen LogP contribution is -2.07. The summed E-state index contributed by atoms with van der Waals surface area (Å²) in [4.78, 5) is 15.1. The van der Waals surface area contributed by atoms with Gasteiger partial charge in [-0.3, -0.25) is 0 Å². The maximum Gasteiger partial charge on any atom is 0.164 e. The van der Waals surface area contributed by atoms with Crippen LogP contribution in [0.3, 0.4) is 0 Å². The van der Waals surface area contributed by atoms with Crippen molar-refractivity contribution < 1.29 is 8.83 Å². The van der Waals surface area contributed by atoms with Crippen LogP contribution in [0.25, 0.3) is 88.6 Å². The second-order valence-electron chi connectivity index (χ2n) is 12.3. The summed E-state index contributed by atoms with van der Waals surface area (Å²) in [5, 5.41) is 6.52. The minimum atomic E-state index is 0.0769. The SMILES string of the molecule is C1=CCC(c2nc(-c3ccccc3)nc(-c3cccc4oc5c(-c6cccc7c6oc6cc8ccccc8cc67)cccc5c34)n2)C=C1. The fourth-order valence-electron chi connectivity index (χ4n) is 7.11. The van der Waals surface area contributed by atoms with Crippen LogP contribution in [0, 0.1) is 0 Å². The number of allylic oxidation sites excluding steroid dienone is 4. The van der Waals surface area contributed by atoms with Crippen molar-refractivity contribution in [3.8, 4) is 33.9 Å². The van der Waals surface area contributed by atoms with Gasteiger partial charge in [-0.2, -0.15) is 0 Å². The van der Waals surface area contributed by atoms with E-state index in [-0.39, 0.29) is 5.92 Å². The largest absolute Gasteiger partial charge is 0.455 e. The molecular weight excluding hydrogens is 590 g/mol. The maximum atomic E-state index is 6.71. The van der Waals surface area contributed by atoms with E-state index in [2.05, 4.69) is 103 Å². The molecule has 5 heteroatoms. The second kappa shape index (κ2) is 10.6. The number of hydrogen-bond donors (Lipinski definition) is 0. The van der Waals surface area contributed by atoms with E-state index in [1.54, 1.807) is 0 Å². The normalized spacial score (nSPS) is 14.6. The highest BCUT2D eigenvalue weighted by Crippen LogP contribution is 2.43. The zero-order valence-corrected chi connectivity index (χ0v) is 25.8. The molecule has 48 heavy (non-hydrogen) atoms. The van der Waals surface area contributed by atoms with Gasteiger partial charge in [0.05, 0.1) is 0 Å². The second-order valence-corrected chi connectivity index (χ2v) is 12.3. The van der Waals surface area contributed by atoms with E-state index in [0.717, 1.165) is 83.8 Å². The molecule has 0 fully saturated rings. The Morgan fingerprint density at radius 2 is 1.21 bits per heavy atom. The molecule has 0 aliphatic heterocycles. The molecule has 1 atom stereocenters. The Kier molecular flexibility index (Phi) is 5.93. The van der Waals surface area contributed by atoms with Crippen LogP contribution in [0.15, 0.2) is 154 Å². The summed E-state index contributed by atoms with van der Waals surface area (Å²) in [7, 11) is 0. The van der Waals surface area contributed by atoms with Gasteiger partial charge < -0.3 is 8.83 Å². The van der Waals surface area contributed by atoms with E-state index in [1.165, 1.54) is 5.39 Å². The minimum absolute atomic E-state index is 0.0769. The molecule has 0 spiro atoms. The molecule has 9 aromatic rings. The number of furan rings is 2. The molecule has 0 radical (unpaired) electrons. The van der Waals surface area contributed by atoms with Crippen molar-refractivity contribution in [3.05, 3.63) is 151 Å². The molecule has 0 saturated heterocycles. The van der Waals surface area contributed by atoms with Crippen LogP contribution in [0.5, 0.6) is 0 Å². The highest BCUT2D eigenvalue weighted by atomic mass is 16.3. The summed E-state index contributed by atoms with van der Waals surface area (Å²) in [5.74, 6) is 2.13. The standard InChI is InChI=1S/C43H27N3O2/c1-3-12-26(13-4-1)41-44-42(27-14-5-2-6-15-27)46-43(45-41)34-22-11-23-36-38(34)33-21-10-19-31(40(33)47-36)30-18-9-20-32-35-24-28-16-7-8-17-29(28)25-37(35)48-39(30)32/h1-14,16-25,27H,15H2. The molecule has 226 valence electrons. The van der Waals surface area contributed by atoms with Crippen LogP contribution in [-0.4, -0.2) is 15.0 Å². The first kappa shape index (κ1) is 26.8. The van der Waals surface area contributed by atoms with Gasteiger partial charge in [0, 0.05) is 49.7 Å². The number of aromatic nitrogens is 3. The molecule has 0 N–H and O–H groups in total. The molecule has 1 unspecified atom stereocenters. The van der Waals surface area contributed by atoms with E-state index < -0.39 is 0 Å². The van der Waals surface area contributed by atoms with Crippen LogP contribution in [0.1, 0.15) is 18.2 Å². The Morgan fingerprint density at radius 3 is 2.02 bits per heavy atom. The average molecular weight is 618 g/mol. The Labute approximate surface area is 275 Å². The quantitative estimate of drug-likeness (QED) is 0.197. The lowest BCUT2D eigenvalue weighted by molar-refractivity contribution is 0.665. The smallest absolute Gasteiger partial charge is 0.164 e. The van der Waals surface area contributed by atoms with Gasteiger partial charge in [0.2, 0.25) is 0 Å². The van der Waals surface area contributed by atoms with Crippen LogP contribution in [-0.2, 0) is 0 Å². The third-order valence-electron chi connectivity index (χ3n) is 9.42. The lowest BCUT2D eigenvalue weighted by atomic mass is 9.98. The van der Waals surface area contributed by atoms with Crippen LogP contribution >= 0.6 is 0 Å². The summed E-state index contributed by atoms with van der Waals surface area (Å²) in [6.45, 7) is 0. The predicted molar refractivity (Wildman–Crippen MR) is 194 cm³/mol. The first-order valence-electron chi connectivity index (χ1n) is 16.2. The maximum absolute atomic E-state index is 6.71. The molecule has 10 rings (SSSR count). The van der Waals surface area contributed by atoms with Gasteiger partial charge >= 0.3 is 0 Å². The Balaban J connectivity index is 1.19. The summed E-state index contributed by atoms with van der Waals surface area (Å²) in [6.07, 6.45) is 9.30. The van der Waals surface area contributed by atoms with E-state index in [1.807, 2.05) is 42.5 Å². The monoisotopic (exact) mass is 617 g/mol. The number of rotatable bonds is 4. The number of nitrogens with zero attached hydrogens (tertiary/aromatic N) is 3. The number of benzene rings is 6. The van der Waals surface area contributed by atoms with Gasteiger partial charge in [-0.15, -0.1) is 0 Å². The molecule has 0 bridgehead atoms. The molecular formula is C43H27N3O2. The molecule has 0 amide bonds. The number of hydrogen-bond acceptors (Lipinski definition) is 5. The summed E-state index contributed by atoms with van der Waals surface area (Å²) >= 11 is 0. The van der Waals surface area contributed by atoms with Gasteiger partial charge in [0.1, 0.15) is 28.2 Å². The zero-order chi connectivity index (χ0) is 31.6. The van der Waals surface area contributed by atoms with E-state index in [0.29, 0.717) is 11.6 Å². The van der Waals surface area contributed by atoms with Crippen molar-refractivity contribution in [2.45, 2.75) is 12.3 Å². The Morgan fingerprint density at radius 1 is 0.521 bits per heavy atom. The summed E-state index contributed by atoms with van der Waals surface area (Å²) in [5.41, 5.74) is 7.13. The highest BCUT2D eigenvalue weighted by molar-refractivity contribution is 6.18. The molecule has 1 aliphatic carbocycles. The van der Waals surface area contributed by atoms with Crippen molar-refractivity contribution >= 4 is 54.6 Å². The Bertz CT molecular complexity index is 2770. The summed E-state index contributed by atoms with van der Waals surface area (Å²) < 4.78 is 13.3. The average Bonchev–Trinajstić information content (AvgIpc) is 3.72. The molecule has 0 saturated carbocycles. The molecule has 3 aromatic heterocycles. The van der Waals surface area contributed by atoms with Gasteiger partial charge in [-0.1, -0.05) is 127 Å². The van der Waals surface area contributed by atoms with E-state index in [4.69, 9.17) is 23.8 Å². The van der Waals surface area contributed by atoms with Gasteiger partial charge in [-0.05, 0) is 35.4 Å². The fourth-order valence-corrected chi connectivity index (χ4v) is 7.11. The van der Waals surface area contributed by atoms with Gasteiger partial charge in [-0.25, -0.2) is 15.0 Å². The van der Waals surface area contributed by atoms with Crippen LogP contribution < -0.4 is 0 Å². The topological polar surface area (TPSA) is 65.0 Å². The third-order valence-corrected chi connectivity index (χ3v) is 9.42. The minimum Gasteiger partial charge on any atom is -0.455 e. The zero-order valence-electron chi connectivity index (χ0n) is 25.8. The molecule has 6 aromatic carbocycles. The Hall–Kier alpha value is -6.33. The number of fused-ring (bicyclic) bond motifs is 7. The molecule has 5 nitrogen and oxygen atoms in total. The van der Waals surface area contributed by atoms with Gasteiger partial charge in [0.25, 0.3) is 0 Å². The van der Waals surface area contributed by atoms with Crippen molar-refractivity contribution in [1.82, 2.24) is 15.0 Å².